The van der Waals surface area contributed by atoms with Gasteiger partial charge in [-0.1, -0.05) is 11.2 Å². The molecule has 140 valence electrons. The SMILES string of the molecule is O=C(O)CON=C(C(=O)NC1CCC(CC(=O)O)OB1O)c1cccs1. The van der Waals surface area contributed by atoms with Crippen LogP contribution in [0.15, 0.2) is 22.7 Å². The first-order valence-electron chi connectivity index (χ1n) is 7.68. The Bertz CT molecular complexity index is 680. The standard InChI is InChI=1S/C14H17BN2O8S/c18-11(19)6-8-3-4-10(15(23)25-8)16-14(22)13(9-2-1-5-26-9)17-24-7-12(20)21/h1-2,5,8,10,23H,3-4,6-7H2,(H,16,22)(H,18,19)(H,20,21). The molecule has 0 radical (unpaired) electrons. The molecule has 4 N–H and O–H groups in total. The molecule has 1 aromatic rings. The summed E-state index contributed by atoms with van der Waals surface area (Å²) in [7, 11) is -1.36. The first-order valence-corrected chi connectivity index (χ1v) is 8.56. The van der Waals surface area contributed by atoms with E-state index < -0.39 is 43.6 Å². The molecule has 2 unspecified atom stereocenters. The van der Waals surface area contributed by atoms with Crippen molar-refractivity contribution in [1.82, 2.24) is 5.32 Å². The van der Waals surface area contributed by atoms with Gasteiger partial charge < -0.3 is 30.0 Å². The maximum absolute atomic E-state index is 12.5. The summed E-state index contributed by atoms with van der Waals surface area (Å²) in [6.07, 6.45) is -0.184. The van der Waals surface area contributed by atoms with Gasteiger partial charge in [-0.05, 0) is 24.3 Å². The van der Waals surface area contributed by atoms with Crippen LogP contribution in [0.5, 0.6) is 0 Å². The molecule has 0 aliphatic carbocycles. The third kappa shape index (κ3) is 5.83. The fourth-order valence-corrected chi connectivity index (χ4v) is 3.06. The second-order valence-corrected chi connectivity index (χ2v) is 6.44. The quantitative estimate of drug-likeness (QED) is 0.271. The second kappa shape index (κ2) is 9.31. The molecule has 10 nitrogen and oxygen atoms in total. The van der Waals surface area contributed by atoms with E-state index in [0.717, 1.165) is 0 Å². The molecule has 2 rings (SSSR count). The lowest BCUT2D eigenvalue weighted by Crippen LogP contribution is -2.54. The molecule has 0 aromatic carbocycles. The van der Waals surface area contributed by atoms with Crippen LogP contribution in [0.25, 0.3) is 0 Å². The highest BCUT2D eigenvalue weighted by Gasteiger charge is 2.37. The fraction of sp³-hybridized carbons (Fsp3) is 0.429. The number of carbonyl (C=O) groups excluding carboxylic acids is 1. The number of aliphatic carboxylic acids is 2. The third-order valence-corrected chi connectivity index (χ3v) is 4.38. The van der Waals surface area contributed by atoms with E-state index in [2.05, 4.69) is 15.3 Å². The maximum atomic E-state index is 12.5. The van der Waals surface area contributed by atoms with E-state index in [1.807, 2.05) is 0 Å². The van der Waals surface area contributed by atoms with Gasteiger partial charge in [-0.3, -0.25) is 9.59 Å². The summed E-state index contributed by atoms with van der Waals surface area (Å²) in [4.78, 5) is 38.8. The number of nitrogens with one attached hydrogen (secondary N) is 1. The van der Waals surface area contributed by atoms with Crippen LogP contribution < -0.4 is 5.32 Å². The van der Waals surface area contributed by atoms with Gasteiger partial charge in [0.05, 0.1) is 23.3 Å². The zero-order chi connectivity index (χ0) is 19.1. The van der Waals surface area contributed by atoms with E-state index in [1.165, 1.54) is 11.3 Å². The molecule has 1 amide bonds. The molecule has 1 saturated heterocycles. The number of hydrogen-bond donors (Lipinski definition) is 4. The van der Waals surface area contributed by atoms with Crippen molar-refractivity contribution in [3.8, 4) is 0 Å². The summed E-state index contributed by atoms with van der Waals surface area (Å²) in [5.74, 6) is -3.69. The fourth-order valence-electron chi connectivity index (χ4n) is 2.36. The second-order valence-electron chi connectivity index (χ2n) is 5.49. The molecule has 2 heterocycles. The number of thiophene rings is 1. The molecule has 26 heavy (non-hydrogen) atoms. The summed E-state index contributed by atoms with van der Waals surface area (Å²) in [6.45, 7) is -0.700. The normalized spacial score (nSPS) is 20.5. The molecular weight excluding hydrogens is 367 g/mol. The van der Waals surface area contributed by atoms with Crippen LogP contribution in [-0.2, 0) is 23.9 Å². The molecule has 0 spiro atoms. The molecular formula is C14H17BN2O8S. The van der Waals surface area contributed by atoms with Crippen LogP contribution in [0, 0.1) is 0 Å². The van der Waals surface area contributed by atoms with Crippen molar-refractivity contribution in [3.05, 3.63) is 22.4 Å². The molecule has 0 saturated carbocycles. The van der Waals surface area contributed by atoms with Gasteiger partial charge in [0.25, 0.3) is 5.91 Å². The Balaban J connectivity index is 2.00. The summed E-state index contributed by atoms with van der Waals surface area (Å²) in [5.41, 5.74) is -0.124. The highest BCUT2D eigenvalue weighted by molar-refractivity contribution is 7.13. The minimum atomic E-state index is -1.36. The van der Waals surface area contributed by atoms with Crippen molar-refractivity contribution in [1.29, 1.82) is 0 Å². The van der Waals surface area contributed by atoms with Gasteiger partial charge in [0.2, 0.25) is 6.61 Å². The first kappa shape index (κ1) is 19.9. The molecule has 0 bridgehead atoms. The topological polar surface area (TPSA) is 155 Å². The molecule has 12 heteroatoms. The number of oxime groups is 1. The van der Waals surface area contributed by atoms with Crippen LogP contribution in [0.2, 0.25) is 0 Å². The zero-order valence-corrected chi connectivity index (χ0v) is 14.3. The minimum absolute atomic E-state index is 0.124. The lowest BCUT2D eigenvalue weighted by molar-refractivity contribution is -0.142. The van der Waals surface area contributed by atoms with Crippen molar-refractivity contribution < 1.29 is 39.1 Å². The molecule has 1 fully saturated rings. The number of carbonyl (C=O) groups is 3. The van der Waals surface area contributed by atoms with Gasteiger partial charge in [-0.15, -0.1) is 11.3 Å². The summed E-state index contributed by atoms with van der Waals surface area (Å²) in [5, 5.41) is 35.2. The van der Waals surface area contributed by atoms with E-state index in [1.54, 1.807) is 17.5 Å². The lowest BCUT2D eigenvalue weighted by Gasteiger charge is -2.30. The zero-order valence-electron chi connectivity index (χ0n) is 13.5. The number of hydrogen-bond acceptors (Lipinski definition) is 8. The van der Waals surface area contributed by atoms with Gasteiger partial charge in [-0.25, -0.2) is 4.79 Å². The van der Waals surface area contributed by atoms with Crippen molar-refractivity contribution in [2.24, 2.45) is 5.16 Å². The van der Waals surface area contributed by atoms with Crippen LogP contribution in [-0.4, -0.2) is 64.6 Å². The maximum Gasteiger partial charge on any atom is 0.478 e. The van der Waals surface area contributed by atoms with Crippen LogP contribution in [0.1, 0.15) is 24.1 Å². The monoisotopic (exact) mass is 384 g/mol. The summed E-state index contributed by atoms with van der Waals surface area (Å²) >= 11 is 1.21. The Morgan fingerprint density at radius 2 is 2.12 bits per heavy atom. The van der Waals surface area contributed by atoms with Gasteiger partial charge in [-0.2, -0.15) is 0 Å². The Hall–Kier alpha value is -2.44. The third-order valence-electron chi connectivity index (χ3n) is 3.51. The van der Waals surface area contributed by atoms with Gasteiger partial charge in [0, 0.05) is 0 Å². The van der Waals surface area contributed by atoms with E-state index in [4.69, 9.17) is 14.9 Å². The Morgan fingerprint density at radius 3 is 2.69 bits per heavy atom. The predicted molar refractivity (Wildman–Crippen MR) is 90.7 cm³/mol. The number of carboxylic acids is 2. The number of nitrogens with zero attached hydrogens (tertiary/aromatic N) is 1. The number of amides is 1. The predicted octanol–water partition coefficient (Wildman–Crippen LogP) is -0.288. The lowest BCUT2D eigenvalue weighted by atomic mass is 9.72. The van der Waals surface area contributed by atoms with Gasteiger partial charge in [0.15, 0.2) is 5.71 Å². The summed E-state index contributed by atoms with van der Waals surface area (Å²) in [6, 6.07) is 3.30. The van der Waals surface area contributed by atoms with Gasteiger partial charge in [0.1, 0.15) is 0 Å². The Labute approximate surface area is 152 Å². The van der Waals surface area contributed by atoms with Crippen LogP contribution in [0.3, 0.4) is 0 Å². The largest absolute Gasteiger partial charge is 0.481 e. The smallest absolute Gasteiger partial charge is 0.478 e. The minimum Gasteiger partial charge on any atom is -0.481 e. The van der Waals surface area contributed by atoms with Gasteiger partial charge >= 0.3 is 19.1 Å². The van der Waals surface area contributed by atoms with E-state index in [-0.39, 0.29) is 12.1 Å². The van der Waals surface area contributed by atoms with Crippen molar-refractivity contribution in [2.75, 3.05) is 6.61 Å². The van der Waals surface area contributed by atoms with Crippen molar-refractivity contribution >= 4 is 42.0 Å². The van der Waals surface area contributed by atoms with Crippen LogP contribution in [0.4, 0.5) is 0 Å². The molecule has 1 aliphatic heterocycles. The average molecular weight is 384 g/mol. The molecule has 1 aromatic heterocycles. The van der Waals surface area contributed by atoms with E-state index in [9.17, 15) is 19.4 Å². The summed E-state index contributed by atoms with van der Waals surface area (Å²) < 4.78 is 5.21. The van der Waals surface area contributed by atoms with Crippen molar-refractivity contribution in [2.45, 2.75) is 31.3 Å². The Morgan fingerprint density at radius 1 is 1.35 bits per heavy atom. The van der Waals surface area contributed by atoms with E-state index >= 15 is 0 Å². The number of rotatable bonds is 8. The molecule has 1 aliphatic rings. The molecule has 2 atom stereocenters. The average Bonchev–Trinajstić information content (AvgIpc) is 3.07. The highest BCUT2D eigenvalue weighted by Crippen LogP contribution is 2.19. The highest BCUT2D eigenvalue weighted by atomic mass is 32.1. The van der Waals surface area contributed by atoms with Crippen LogP contribution >= 0.6 is 11.3 Å². The Kier molecular flexibility index (Phi) is 7.12. The van der Waals surface area contributed by atoms with E-state index in [0.29, 0.717) is 17.7 Å². The first-order chi connectivity index (χ1) is 12.4. The van der Waals surface area contributed by atoms with Crippen molar-refractivity contribution in [3.63, 3.8) is 0 Å². The number of carboxylic acid groups (broad SMARTS) is 2.